The van der Waals surface area contributed by atoms with Gasteiger partial charge >= 0.3 is 0 Å². The van der Waals surface area contributed by atoms with Gasteiger partial charge in [0, 0.05) is 25.8 Å². The van der Waals surface area contributed by atoms with E-state index in [1.54, 1.807) is 0 Å². The zero-order valence-electron chi connectivity index (χ0n) is 10.5. The first-order valence-corrected chi connectivity index (χ1v) is 6.74. The standard InChI is InChI=1S/C12H24N4O/c13-16-12(15-11-3-1-2-4-11)14-9-10-5-7-17-8-6-10/h10-11H,1-9,13H2,(H2,14,15,16). The second-order valence-electron chi connectivity index (χ2n) is 5.02. The van der Waals surface area contributed by atoms with Gasteiger partial charge in [-0.3, -0.25) is 10.4 Å². The van der Waals surface area contributed by atoms with Crippen LogP contribution in [0.3, 0.4) is 0 Å². The number of hydrazine groups is 1. The minimum absolute atomic E-state index is 0.555. The summed E-state index contributed by atoms with van der Waals surface area (Å²) in [6, 6.07) is 0.555. The number of aliphatic imine (C=N–C) groups is 1. The van der Waals surface area contributed by atoms with E-state index in [9.17, 15) is 0 Å². The van der Waals surface area contributed by atoms with E-state index in [4.69, 9.17) is 10.6 Å². The number of rotatable bonds is 3. The van der Waals surface area contributed by atoms with Crippen molar-refractivity contribution in [3.05, 3.63) is 0 Å². The molecule has 17 heavy (non-hydrogen) atoms. The third kappa shape index (κ3) is 4.16. The van der Waals surface area contributed by atoms with Crippen molar-refractivity contribution in [2.75, 3.05) is 19.8 Å². The Morgan fingerprint density at radius 1 is 1.18 bits per heavy atom. The fraction of sp³-hybridized carbons (Fsp3) is 0.917. The van der Waals surface area contributed by atoms with Gasteiger partial charge < -0.3 is 10.1 Å². The smallest absolute Gasteiger partial charge is 0.205 e. The molecular formula is C12H24N4O. The molecule has 1 aliphatic carbocycles. The Balaban J connectivity index is 1.75. The Bertz CT molecular complexity index is 245. The van der Waals surface area contributed by atoms with Crippen LogP contribution in [0.4, 0.5) is 0 Å². The zero-order valence-corrected chi connectivity index (χ0v) is 10.5. The van der Waals surface area contributed by atoms with Crippen molar-refractivity contribution in [3.63, 3.8) is 0 Å². The van der Waals surface area contributed by atoms with Crippen LogP contribution < -0.4 is 16.6 Å². The molecule has 2 rings (SSSR count). The molecule has 0 unspecified atom stereocenters. The molecule has 5 heteroatoms. The molecule has 4 N–H and O–H groups in total. The minimum Gasteiger partial charge on any atom is -0.381 e. The van der Waals surface area contributed by atoms with E-state index in [0.717, 1.165) is 38.6 Å². The summed E-state index contributed by atoms with van der Waals surface area (Å²) in [6.07, 6.45) is 7.33. The third-order valence-electron chi connectivity index (χ3n) is 3.68. The number of ether oxygens (including phenoxy) is 1. The van der Waals surface area contributed by atoms with E-state index in [2.05, 4.69) is 15.7 Å². The van der Waals surface area contributed by atoms with Crippen molar-refractivity contribution in [3.8, 4) is 0 Å². The highest BCUT2D eigenvalue weighted by atomic mass is 16.5. The molecule has 0 amide bonds. The maximum absolute atomic E-state index is 5.50. The summed E-state index contributed by atoms with van der Waals surface area (Å²) in [5, 5.41) is 3.39. The van der Waals surface area contributed by atoms with Crippen LogP contribution in [0.5, 0.6) is 0 Å². The first-order chi connectivity index (χ1) is 8.38. The topological polar surface area (TPSA) is 71.7 Å². The van der Waals surface area contributed by atoms with Crippen molar-refractivity contribution >= 4 is 5.96 Å². The summed E-state index contributed by atoms with van der Waals surface area (Å²) >= 11 is 0. The molecule has 0 spiro atoms. The van der Waals surface area contributed by atoms with Gasteiger partial charge in [-0.2, -0.15) is 0 Å². The number of hydrogen-bond donors (Lipinski definition) is 3. The molecule has 1 saturated heterocycles. The molecule has 2 fully saturated rings. The molecule has 1 saturated carbocycles. The van der Waals surface area contributed by atoms with Gasteiger partial charge in [-0.25, -0.2) is 5.84 Å². The van der Waals surface area contributed by atoms with E-state index in [1.165, 1.54) is 25.7 Å². The van der Waals surface area contributed by atoms with Gasteiger partial charge in [-0.15, -0.1) is 0 Å². The number of nitrogens with one attached hydrogen (secondary N) is 2. The average molecular weight is 240 g/mol. The largest absolute Gasteiger partial charge is 0.381 e. The summed E-state index contributed by atoms with van der Waals surface area (Å²) in [4.78, 5) is 4.54. The lowest BCUT2D eigenvalue weighted by atomic mass is 10.0. The third-order valence-corrected chi connectivity index (χ3v) is 3.68. The predicted octanol–water partition coefficient (Wildman–Crippen LogP) is 0.764. The molecule has 0 aromatic carbocycles. The van der Waals surface area contributed by atoms with Crippen LogP contribution in [-0.2, 0) is 4.74 Å². The molecule has 1 aliphatic heterocycles. The highest BCUT2D eigenvalue weighted by molar-refractivity contribution is 5.79. The van der Waals surface area contributed by atoms with Crippen LogP contribution in [0.2, 0.25) is 0 Å². The second-order valence-corrected chi connectivity index (χ2v) is 5.02. The van der Waals surface area contributed by atoms with Crippen molar-refractivity contribution in [2.45, 2.75) is 44.6 Å². The Kier molecular flexibility index (Phi) is 5.07. The molecule has 5 nitrogen and oxygen atoms in total. The first-order valence-electron chi connectivity index (χ1n) is 6.74. The lowest BCUT2D eigenvalue weighted by molar-refractivity contribution is 0.0689. The van der Waals surface area contributed by atoms with Crippen LogP contribution in [0.25, 0.3) is 0 Å². The highest BCUT2D eigenvalue weighted by Crippen LogP contribution is 2.18. The summed E-state index contributed by atoms with van der Waals surface area (Å²) in [5.74, 6) is 6.90. The molecule has 98 valence electrons. The van der Waals surface area contributed by atoms with E-state index in [-0.39, 0.29) is 0 Å². The second kappa shape index (κ2) is 6.81. The Morgan fingerprint density at radius 3 is 2.53 bits per heavy atom. The summed E-state index contributed by atoms with van der Waals surface area (Å²) < 4.78 is 5.34. The molecule has 1 heterocycles. The Labute approximate surface area is 103 Å². The SMILES string of the molecule is NNC(=NCC1CCOCC1)NC1CCCC1. The molecule has 0 aromatic rings. The van der Waals surface area contributed by atoms with Crippen LogP contribution in [-0.4, -0.2) is 31.8 Å². The lowest BCUT2D eigenvalue weighted by Gasteiger charge is -2.21. The number of nitrogens with two attached hydrogens (primary N) is 1. The van der Waals surface area contributed by atoms with Crippen molar-refractivity contribution in [1.29, 1.82) is 0 Å². The summed E-state index contributed by atoms with van der Waals surface area (Å²) in [5.41, 5.74) is 2.68. The fourth-order valence-electron chi connectivity index (χ4n) is 2.55. The monoisotopic (exact) mass is 240 g/mol. The summed E-state index contributed by atoms with van der Waals surface area (Å²) in [7, 11) is 0. The minimum atomic E-state index is 0.555. The summed E-state index contributed by atoms with van der Waals surface area (Å²) in [6.45, 7) is 2.60. The van der Waals surface area contributed by atoms with E-state index < -0.39 is 0 Å². The van der Waals surface area contributed by atoms with Gasteiger partial charge in [0.15, 0.2) is 0 Å². The predicted molar refractivity (Wildman–Crippen MR) is 68.6 cm³/mol. The van der Waals surface area contributed by atoms with Crippen molar-refractivity contribution in [1.82, 2.24) is 10.7 Å². The van der Waals surface area contributed by atoms with E-state index >= 15 is 0 Å². The van der Waals surface area contributed by atoms with Gasteiger partial charge in [0.05, 0.1) is 0 Å². The molecule has 0 atom stereocenters. The number of guanidine groups is 1. The van der Waals surface area contributed by atoms with Gasteiger partial charge in [-0.05, 0) is 31.6 Å². The maximum Gasteiger partial charge on any atom is 0.205 e. The van der Waals surface area contributed by atoms with Gasteiger partial charge in [-0.1, -0.05) is 12.8 Å². The van der Waals surface area contributed by atoms with Gasteiger partial charge in [0.25, 0.3) is 0 Å². The maximum atomic E-state index is 5.50. The van der Waals surface area contributed by atoms with Crippen molar-refractivity contribution in [2.24, 2.45) is 16.8 Å². The fourth-order valence-corrected chi connectivity index (χ4v) is 2.55. The number of nitrogens with zero attached hydrogens (tertiary/aromatic N) is 1. The van der Waals surface area contributed by atoms with Crippen LogP contribution >= 0.6 is 0 Å². The van der Waals surface area contributed by atoms with E-state index in [1.807, 2.05) is 0 Å². The first kappa shape index (κ1) is 12.6. The van der Waals surface area contributed by atoms with Crippen LogP contribution in [0.15, 0.2) is 4.99 Å². The lowest BCUT2D eigenvalue weighted by Crippen LogP contribution is -2.45. The molecule has 2 aliphatic rings. The molecular weight excluding hydrogens is 216 g/mol. The van der Waals surface area contributed by atoms with E-state index in [0.29, 0.717) is 12.0 Å². The quantitative estimate of drug-likeness (QED) is 0.295. The molecule has 0 bridgehead atoms. The Morgan fingerprint density at radius 2 is 1.88 bits per heavy atom. The van der Waals surface area contributed by atoms with Crippen LogP contribution in [0.1, 0.15) is 38.5 Å². The highest BCUT2D eigenvalue weighted by Gasteiger charge is 2.17. The average Bonchev–Trinajstić information content (AvgIpc) is 2.88. The van der Waals surface area contributed by atoms with Crippen LogP contribution in [0, 0.1) is 5.92 Å². The molecule has 0 radical (unpaired) electrons. The van der Waals surface area contributed by atoms with Gasteiger partial charge in [0.2, 0.25) is 5.96 Å². The normalized spacial score (nSPS) is 23.9. The zero-order chi connectivity index (χ0) is 11.9. The Hall–Kier alpha value is -0.810. The number of hydrogen-bond acceptors (Lipinski definition) is 3. The molecule has 0 aromatic heterocycles. The van der Waals surface area contributed by atoms with Gasteiger partial charge in [0.1, 0.15) is 0 Å². The van der Waals surface area contributed by atoms with Crippen molar-refractivity contribution < 1.29 is 4.74 Å².